The normalized spacial score (nSPS) is 12.7. The van der Waals surface area contributed by atoms with E-state index in [0.717, 1.165) is 6.07 Å². The van der Waals surface area contributed by atoms with Gasteiger partial charge in [0.1, 0.15) is 30.1 Å². The molecule has 1 amide bonds. The van der Waals surface area contributed by atoms with Crippen molar-refractivity contribution in [2.45, 2.75) is 19.9 Å². The van der Waals surface area contributed by atoms with Crippen LogP contribution in [0.4, 0.5) is 4.39 Å². The quantitative estimate of drug-likeness (QED) is 0.295. The van der Waals surface area contributed by atoms with Crippen LogP contribution in [0.2, 0.25) is 0 Å². The van der Waals surface area contributed by atoms with E-state index in [1.165, 1.54) is 18.2 Å². The first-order valence-corrected chi connectivity index (χ1v) is 9.81. The summed E-state index contributed by atoms with van der Waals surface area (Å²) in [5.74, 6) is -3.06. The molecule has 32 heavy (non-hydrogen) atoms. The number of nitrogens with zero attached hydrogens (tertiary/aromatic N) is 2. The number of fused-ring (bicyclic) bond motifs is 1. The molecule has 3 rings (SSSR count). The van der Waals surface area contributed by atoms with Gasteiger partial charge in [0.2, 0.25) is 0 Å². The highest BCUT2D eigenvalue weighted by Gasteiger charge is 2.27. The van der Waals surface area contributed by atoms with Crippen molar-refractivity contribution in [3.05, 3.63) is 71.5 Å². The van der Waals surface area contributed by atoms with Crippen LogP contribution in [0.3, 0.4) is 0 Å². The third kappa shape index (κ3) is 4.92. The number of carbonyl (C=O) groups excluding carboxylic acids is 2. The molecule has 0 fully saturated rings. The van der Waals surface area contributed by atoms with Gasteiger partial charge < -0.3 is 20.1 Å². The molecular weight excluding hydrogens is 415 g/mol. The number of imidazole rings is 1. The van der Waals surface area contributed by atoms with Gasteiger partial charge in [0, 0.05) is 0 Å². The number of para-hydroxylation sites is 2. The summed E-state index contributed by atoms with van der Waals surface area (Å²) in [4.78, 5) is 32.1. The van der Waals surface area contributed by atoms with Gasteiger partial charge in [0.15, 0.2) is 11.6 Å². The van der Waals surface area contributed by atoms with E-state index in [4.69, 9.17) is 4.74 Å². The van der Waals surface area contributed by atoms with Crippen LogP contribution >= 0.6 is 0 Å². The van der Waals surface area contributed by atoms with Gasteiger partial charge in [-0.2, -0.15) is 5.26 Å². The highest BCUT2D eigenvalue weighted by atomic mass is 19.1. The molecule has 0 bridgehead atoms. The van der Waals surface area contributed by atoms with Crippen molar-refractivity contribution in [1.82, 2.24) is 15.3 Å². The lowest BCUT2D eigenvalue weighted by atomic mass is 10.0. The average Bonchev–Trinajstić information content (AvgIpc) is 3.20. The number of H-pyrrole nitrogens is 1. The Morgan fingerprint density at radius 2 is 1.91 bits per heavy atom. The summed E-state index contributed by atoms with van der Waals surface area (Å²) in [5, 5.41) is 22.2. The first-order valence-electron chi connectivity index (χ1n) is 9.81. The number of hydrogen-bond donors (Lipinski definition) is 3. The molecule has 0 aliphatic carbocycles. The molecule has 0 saturated heterocycles. The van der Waals surface area contributed by atoms with E-state index < -0.39 is 36.1 Å². The van der Waals surface area contributed by atoms with Crippen molar-refractivity contribution in [3.8, 4) is 6.07 Å². The number of aromatic nitrogens is 2. The Bertz CT molecular complexity index is 1190. The summed E-state index contributed by atoms with van der Waals surface area (Å²) in [6.07, 6.45) is 0. The smallest absolute Gasteiger partial charge is 0.329 e. The summed E-state index contributed by atoms with van der Waals surface area (Å²) in [5.41, 5.74) is 0.905. The number of carbonyl (C=O) groups is 2. The number of rotatable bonds is 7. The number of nitriles is 1. The van der Waals surface area contributed by atoms with E-state index >= 15 is 0 Å². The molecule has 164 valence electrons. The number of ether oxygens (including phenoxy) is 1. The molecule has 0 aliphatic rings. The standard InChI is InChI=1S/C23H21FN4O4/c1-13(2)20(28-22(30)14-7-3-4-8-16(14)24)23(31)32-12-19(29)15(11-25)21-26-17-9-5-6-10-18(17)27-21/h3-10,13,20,29H,12H2,1-2H3,(H,26,27)(H,28,30)/b19-15-/t20-/m1/s1. The van der Waals surface area contributed by atoms with Gasteiger partial charge in [-0.05, 0) is 30.2 Å². The number of hydrogen-bond acceptors (Lipinski definition) is 6. The van der Waals surface area contributed by atoms with E-state index in [1.807, 2.05) is 6.07 Å². The minimum atomic E-state index is -1.09. The van der Waals surface area contributed by atoms with Crippen LogP contribution in [0.1, 0.15) is 30.0 Å². The molecule has 0 saturated carbocycles. The van der Waals surface area contributed by atoms with E-state index in [1.54, 1.807) is 38.1 Å². The fourth-order valence-electron chi connectivity index (χ4n) is 2.99. The van der Waals surface area contributed by atoms with Crippen molar-refractivity contribution in [1.29, 1.82) is 5.26 Å². The van der Waals surface area contributed by atoms with Gasteiger partial charge in [-0.15, -0.1) is 0 Å². The first-order chi connectivity index (χ1) is 15.3. The Labute approximate surface area is 183 Å². The SMILES string of the molecule is CC(C)[C@@H](NC(=O)c1ccccc1F)C(=O)OC/C(O)=C(\C#N)c1nc2ccccc2[nH]1. The summed E-state index contributed by atoms with van der Waals surface area (Å²) < 4.78 is 19.0. The Morgan fingerprint density at radius 3 is 2.56 bits per heavy atom. The van der Waals surface area contributed by atoms with Crippen LogP contribution in [-0.2, 0) is 9.53 Å². The Kier molecular flexibility index (Phi) is 6.85. The van der Waals surface area contributed by atoms with Gasteiger partial charge >= 0.3 is 5.97 Å². The zero-order valence-electron chi connectivity index (χ0n) is 17.4. The van der Waals surface area contributed by atoms with E-state index in [2.05, 4.69) is 15.3 Å². The highest BCUT2D eigenvalue weighted by Crippen LogP contribution is 2.19. The van der Waals surface area contributed by atoms with E-state index in [0.29, 0.717) is 11.0 Å². The van der Waals surface area contributed by atoms with Crippen LogP contribution in [0, 0.1) is 23.1 Å². The number of aliphatic hydroxyl groups is 1. The predicted octanol–water partition coefficient (Wildman–Crippen LogP) is 3.49. The Hall–Kier alpha value is -4.19. The Morgan fingerprint density at radius 1 is 1.22 bits per heavy atom. The lowest BCUT2D eigenvalue weighted by Gasteiger charge is -2.21. The highest BCUT2D eigenvalue weighted by molar-refractivity contribution is 5.97. The summed E-state index contributed by atoms with van der Waals surface area (Å²) in [7, 11) is 0. The zero-order valence-corrected chi connectivity index (χ0v) is 17.4. The molecule has 0 aliphatic heterocycles. The third-order valence-corrected chi connectivity index (χ3v) is 4.70. The number of benzene rings is 2. The molecule has 9 heteroatoms. The van der Waals surface area contributed by atoms with Crippen LogP contribution in [0.5, 0.6) is 0 Å². The molecule has 1 aromatic heterocycles. The molecule has 8 nitrogen and oxygen atoms in total. The number of amides is 1. The monoisotopic (exact) mass is 436 g/mol. The first kappa shape index (κ1) is 22.5. The van der Waals surface area contributed by atoms with Crippen molar-refractivity contribution in [2.75, 3.05) is 6.61 Å². The molecule has 0 spiro atoms. The van der Waals surface area contributed by atoms with Crippen LogP contribution in [0.15, 0.2) is 54.3 Å². The minimum absolute atomic E-state index is 0.135. The average molecular weight is 436 g/mol. The number of halogens is 1. The second-order valence-electron chi connectivity index (χ2n) is 7.32. The molecule has 1 atom stereocenters. The lowest BCUT2D eigenvalue weighted by molar-refractivity contribution is -0.146. The summed E-state index contributed by atoms with van der Waals surface area (Å²) in [6, 6.07) is 13.2. The predicted molar refractivity (Wildman–Crippen MR) is 115 cm³/mol. The second-order valence-corrected chi connectivity index (χ2v) is 7.32. The van der Waals surface area contributed by atoms with Crippen LogP contribution < -0.4 is 5.32 Å². The van der Waals surface area contributed by atoms with Crippen molar-refractivity contribution in [2.24, 2.45) is 5.92 Å². The number of aliphatic hydroxyl groups excluding tert-OH is 1. The maximum absolute atomic E-state index is 13.9. The summed E-state index contributed by atoms with van der Waals surface area (Å²) >= 11 is 0. The van der Waals surface area contributed by atoms with E-state index in [9.17, 15) is 24.3 Å². The third-order valence-electron chi connectivity index (χ3n) is 4.70. The number of esters is 1. The molecular formula is C23H21FN4O4. The molecule has 1 heterocycles. The maximum Gasteiger partial charge on any atom is 0.329 e. The van der Waals surface area contributed by atoms with Crippen LogP contribution in [-0.4, -0.2) is 39.6 Å². The van der Waals surface area contributed by atoms with Crippen molar-refractivity contribution < 1.29 is 23.8 Å². The van der Waals surface area contributed by atoms with Gasteiger partial charge in [-0.3, -0.25) is 4.79 Å². The molecule has 0 radical (unpaired) electrons. The molecule has 3 N–H and O–H groups in total. The zero-order chi connectivity index (χ0) is 23.3. The Balaban J connectivity index is 1.73. The number of nitrogens with one attached hydrogen (secondary N) is 2. The lowest BCUT2D eigenvalue weighted by Crippen LogP contribution is -2.45. The van der Waals surface area contributed by atoms with Crippen LogP contribution in [0.25, 0.3) is 16.6 Å². The molecule has 2 aromatic carbocycles. The minimum Gasteiger partial charge on any atom is -0.507 e. The van der Waals surface area contributed by atoms with Gasteiger partial charge in [-0.1, -0.05) is 38.1 Å². The molecule has 3 aromatic rings. The fraction of sp³-hybridized carbons (Fsp3) is 0.217. The largest absolute Gasteiger partial charge is 0.507 e. The van der Waals surface area contributed by atoms with Gasteiger partial charge in [-0.25, -0.2) is 14.2 Å². The van der Waals surface area contributed by atoms with E-state index in [-0.39, 0.29) is 22.9 Å². The number of allylic oxidation sites excluding steroid dienone is 1. The fourth-order valence-corrected chi connectivity index (χ4v) is 2.99. The van der Waals surface area contributed by atoms with Crippen molar-refractivity contribution >= 4 is 28.5 Å². The van der Waals surface area contributed by atoms with Gasteiger partial charge in [0.25, 0.3) is 5.91 Å². The second kappa shape index (κ2) is 9.75. The van der Waals surface area contributed by atoms with Gasteiger partial charge in [0.05, 0.1) is 16.6 Å². The van der Waals surface area contributed by atoms with Crippen molar-refractivity contribution in [3.63, 3.8) is 0 Å². The molecule has 0 unspecified atom stereocenters. The maximum atomic E-state index is 13.9. The number of aromatic amines is 1. The topological polar surface area (TPSA) is 128 Å². The summed E-state index contributed by atoms with van der Waals surface area (Å²) in [6.45, 7) is 2.76.